The molecule has 0 bridgehead atoms. The maximum absolute atomic E-state index is 13.4. The highest BCUT2D eigenvalue weighted by atomic mass is 19.4. The van der Waals surface area contributed by atoms with Gasteiger partial charge in [-0.15, -0.1) is 0 Å². The molecule has 1 saturated heterocycles. The molecular formula is C16H27F3N4O2. The van der Waals surface area contributed by atoms with Gasteiger partial charge in [-0.3, -0.25) is 14.5 Å². The third-order valence-electron chi connectivity index (χ3n) is 4.98. The van der Waals surface area contributed by atoms with Crippen LogP contribution in [0.3, 0.4) is 0 Å². The van der Waals surface area contributed by atoms with Crippen LogP contribution in [-0.2, 0) is 9.59 Å². The lowest BCUT2D eigenvalue weighted by atomic mass is 9.80. The molecule has 2 amide bonds. The summed E-state index contributed by atoms with van der Waals surface area (Å²) >= 11 is 0. The molecule has 9 heteroatoms. The van der Waals surface area contributed by atoms with E-state index >= 15 is 0 Å². The van der Waals surface area contributed by atoms with Crippen molar-refractivity contribution in [1.82, 2.24) is 20.9 Å². The van der Waals surface area contributed by atoms with Crippen LogP contribution in [0.25, 0.3) is 0 Å². The van der Waals surface area contributed by atoms with Crippen LogP contribution in [0.1, 0.15) is 39.0 Å². The maximum Gasteiger partial charge on any atom is 0.405 e. The minimum absolute atomic E-state index is 0.289. The molecule has 1 aliphatic carbocycles. The molecule has 3 N–H and O–H groups in total. The Hall–Kier alpha value is -1.35. The number of hydrogen-bond donors (Lipinski definition) is 3. The Kier molecular flexibility index (Phi) is 6.67. The van der Waals surface area contributed by atoms with Crippen molar-refractivity contribution in [3.8, 4) is 0 Å². The van der Waals surface area contributed by atoms with E-state index in [0.717, 1.165) is 19.3 Å². The van der Waals surface area contributed by atoms with Crippen LogP contribution in [0.5, 0.6) is 0 Å². The molecule has 1 aliphatic heterocycles. The fourth-order valence-electron chi connectivity index (χ4n) is 3.71. The van der Waals surface area contributed by atoms with Crippen LogP contribution in [0, 0.1) is 0 Å². The summed E-state index contributed by atoms with van der Waals surface area (Å²) in [5.41, 5.74) is -1.08. The molecular weight excluding hydrogens is 337 g/mol. The molecule has 2 rings (SSSR count). The van der Waals surface area contributed by atoms with Crippen LogP contribution in [0.4, 0.5) is 13.2 Å². The second-order valence-electron chi connectivity index (χ2n) is 6.88. The van der Waals surface area contributed by atoms with E-state index in [2.05, 4.69) is 16.0 Å². The van der Waals surface area contributed by atoms with Gasteiger partial charge in [0.25, 0.3) is 0 Å². The summed E-state index contributed by atoms with van der Waals surface area (Å²) in [6.07, 6.45) is -0.993. The first kappa shape index (κ1) is 20.0. The van der Waals surface area contributed by atoms with E-state index in [4.69, 9.17) is 0 Å². The Morgan fingerprint density at radius 2 is 1.76 bits per heavy atom. The van der Waals surface area contributed by atoms with Crippen LogP contribution < -0.4 is 16.0 Å². The van der Waals surface area contributed by atoms with Crippen molar-refractivity contribution >= 4 is 11.8 Å². The van der Waals surface area contributed by atoms with Crippen LogP contribution in [0.2, 0.25) is 0 Å². The zero-order valence-corrected chi connectivity index (χ0v) is 14.5. The Morgan fingerprint density at radius 1 is 1.16 bits per heavy atom. The van der Waals surface area contributed by atoms with E-state index in [9.17, 15) is 22.8 Å². The number of halogens is 3. The van der Waals surface area contributed by atoms with Crippen molar-refractivity contribution in [2.75, 3.05) is 32.7 Å². The number of rotatable bonds is 5. The summed E-state index contributed by atoms with van der Waals surface area (Å²) in [5.74, 6) is -0.849. The zero-order chi connectivity index (χ0) is 18.5. The van der Waals surface area contributed by atoms with Gasteiger partial charge < -0.3 is 16.0 Å². The van der Waals surface area contributed by atoms with Gasteiger partial charge in [-0.05, 0) is 12.8 Å². The Balaban J connectivity index is 2.04. The number of nitrogens with one attached hydrogen (secondary N) is 3. The standard InChI is InChI=1S/C16H27F3N4O2/c1-12(24)22-15(5-3-2-4-6-15)14(25)21-11-13(16(17,18)19)23-9-7-20-8-10-23/h13,20H,2-11H2,1H3,(H,21,25)(H,22,24). The highest BCUT2D eigenvalue weighted by Crippen LogP contribution is 2.29. The first-order valence-electron chi connectivity index (χ1n) is 8.83. The van der Waals surface area contributed by atoms with E-state index in [1.807, 2.05) is 0 Å². The number of amides is 2. The normalized spacial score (nSPS) is 22.9. The molecule has 0 radical (unpaired) electrons. The molecule has 0 spiro atoms. The number of piperazine rings is 1. The minimum atomic E-state index is -4.42. The van der Waals surface area contributed by atoms with Crippen molar-refractivity contribution in [2.45, 2.75) is 56.8 Å². The summed E-state index contributed by atoms with van der Waals surface area (Å²) in [6, 6.07) is -1.71. The monoisotopic (exact) mass is 364 g/mol. The van der Waals surface area contributed by atoms with Gasteiger partial charge >= 0.3 is 6.18 Å². The van der Waals surface area contributed by atoms with Crippen molar-refractivity contribution in [1.29, 1.82) is 0 Å². The Labute approximate surface area is 145 Å². The predicted octanol–water partition coefficient (Wildman–Crippen LogP) is 0.778. The average molecular weight is 364 g/mol. The van der Waals surface area contributed by atoms with Crippen molar-refractivity contribution in [3.63, 3.8) is 0 Å². The Bertz CT molecular complexity index is 472. The van der Waals surface area contributed by atoms with Crippen molar-refractivity contribution < 1.29 is 22.8 Å². The summed E-state index contributed by atoms with van der Waals surface area (Å²) in [6.45, 7) is 2.40. The smallest absolute Gasteiger partial charge is 0.352 e. The second kappa shape index (κ2) is 8.35. The lowest BCUT2D eigenvalue weighted by molar-refractivity contribution is -0.184. The molecule has 1 saturated carbocycles. The molecule has 1 atom stereocenters. The zero-order valence-electron chi connectivity index (χ0n) is 14.5. The van der Waals surface area contributed by atoms with E-state index in [1.54, 1.807) is 0 Å². The fraction of sp³-hybridized carbons (Fsp3) is 0.875. The van der Waals surface area contributed by atoms with Crippen molar-refractivity contribution in [3.05, 3.63) is 0 Å². The molecule has 1 unspecified atom stereocenters. The molecule has 0 aromatic rings. The van der Waals surface area contributed by atoms with E-state index in [-0.39, 0.29) is 19.0 Å². The summed E-state index contributed by atoms with van der Waals surface area (Å²) in [5, 5.41) is 8.17. The second-order valence-corrected chi connectivity index (χ2v) is 6.88. The van der Waals surface area contributed by atoms with E-state index in [0.29, 0.717) is 25.9 Å². The first-order chi connectivity index (χ1) is 11.7. The highest BCUT2D eigenvalue weighted by molar-refractivity contribution is 5.91. The molecule has 2 aliphatic rings. The number of alkyl halides is 3. The third-order valence-corrected chi connectivity index (χ3v) is 4.98. The highest BCUT2D eigenvalue weighted by Gasteiger charge is 2.46. The summed E-state index contributed by atoms with van der Waals surface area (Å²) in [7, 11) is 0. The largest absolute Gasteiger partial charge is 0.405 e. The lowest BCUT2D eigenvalue weighted by Gasteiger charge is -2.39. The van der Waals surface area contributed by atoms with Gasteiger partial charge in [0.05, 0.1) is 0 Å². The van der Waals surface area contributed by atoms with Gasteiger partial charge in [0.15, 0.2) is 0 Å². The number of carbonyl (C=O) groups is 2. The predicted molar refractivity (Wildman–Crippen MR) is 86.9 cm³/mol. The van der Waals surface area contributed by atoms with Gasteiger partial charge in [-0.25, -0.2) is 0 Å². The number of carbonyl (C=O) groups excluding carboxylic acids is 2. The Morgan fingerprint density at radius 3 is 2.28 bits per heavy atom. The quantitative estimate of drug-likeness (QED) is 0.674. The maximum atomic E-state index is 13.4. The first-order valence-corrected chi connectivity index (χ1v) is 8.83. The van der Waals surface area contributed by atoms with Gasteiger partial charge in [0.2, 0.25) is 11.8 Å². The SMILES string of the molecule is CC(=O)NC1(C(=O)NCC(N2CCNCC2)C(F)(F)F)CCCCC1. The number of nitrogens with zero attached hydrogens (tertiary/aromatic N) is 1. The summed E-state index contributed by atoms with van der Waals surface area (Å²) < 4.78 is 40.3. The fourth-order valence-corrected chi connectivity index (χ4v) is 3.71. The number of hydrogen-bond acceptors (Lipinski definition) is 4. The summed E-state index contributed by atoms with van der Waals surface area (Å²) in [4.78, 5) is 25.5. The van der Waals surface area contributed by atoms with Crippen LogP contribution >= 0.6 is 0 Å². The van der Waals surface area contributed by atoms with Gasteiger partial charge in [-0.1, -0.05) is 19.3 Å². The van der Waals surface area contributed by atoms with Crippen LogP contribution in [-0.4, -0.2) is 67.2 Å². The third kappa shape index (κ3) is 5.31. The topological polar surface area (TPSA) is 73.5 Å². The van der Waals surface area contributed by atoms with E-state index < -0.39 is 30.2 Å². The van der Waals surface area contributed by atoms with Crippen molar-refractivity contribution in [2.24, 2.45) is 0 Å². The molecule has 2 fully saturated rings. The molecule has 1 heterocycles. The van der Waals surface area contributed by atoms with Gasteiger partial charge in [0.1, 0.15) is 11.6 Å². The molecule has 0 aromatic carbocycles. The van der Waals surface area contributed by atoms with Gasteiger partial charge in [-0.2, -0.15) is 13.2 Å². The van der Waals surface area contributed by atoms with Gasteiger partial charge in [0, 0.05) is 39.6 Å². The molecule has 0 aromatic heterocycles. The molecule has 6 nitrogen and oxygen atoms in total. The van der Waals surface area contributed by atoms with Crippen LogP contribution in [0.15, 0.2) is 0 Å². The average Bonchev–Trinajstić information content (AvgIpc) is 2.55. The van der Waals surface area contributed by atoms with E-state index in [1.165, 1.54) is 11.8 Å². The molecule has 25 heavy (non-hydrogen) atoms. The molecule has 144 valence electrons. The minimum Gasteiger partial charge on any atom is -0.352 e. The lowest BCUT2D eigenvalue weighted by Crippen LogP contribution is -2.62.